The first kappa shape index (κ1) is 23.2. The maximum atomic E-state index is 13.2. The quantitative estimate of drug-likeness (QED) is 0.464. The lowest BCUT2D eigenvalue weighted by atomic mass is 9.93. The summed E-state index contributed by atoms with van der Waals surface area (Å²) in [5, 5.41) is 5.93. The molecule has 0 radical (unpaired) electrons. The number of thioether (sulfide) groups is 1. The van der Waals surface area contributed by atoms with Crippen molar-refractivity contribution in [3.8, 4) is 0 Å². The van der Waals surface area contributed by atoms with E-state index in [1.165, 1.54) is 7.11 Å². The number of methoxy groups -OCH3 is 1. The van der Waals surface area contributed by atoms with Gasteiger partial charge < -0.3 is 15.0 Å². The maximum absolute atomic E-state index is 13.2. The third-order valence-electron chi connectivity index (χ3n) is 6.38. The van der Waals surface area contributed by atoms with Crippen LogP contribution in [-0.2, 0) is 9.53 Å². The van der Waals surface area contributed by atoms with Gasteiger partial charge in [-0.1, -0.05) is 67.2 Å². The van der Waals surface area contributed by atoms with Crippen molar-refractivity contribution >= 4 is 45.3 Å². The van der Waals surface area contributed by atoms with Gasteiger partial charge in [0, 0.05) is 23.5 Å². The summed E-state index contributed by atoms with van der Waals surface area (Å²) in [6, 6.07) is 21.0. The first-order valence-electron chi connectivity index (χ1n) is 11.8. The number of allylic oxidation sites excluding steroid dienone is 1. The molecule has 0 aromatic heterocycles. The topological polar surface area (TPSA) is 71.0 Å². The molecule has 3 aromatic rings. The number of rotatable bonds is 5. The van der Waals surface area contributed by atoms with Gasteiger partial charge in [-0.3, -0.25) is 4.79 Å². The van der Waals surface area contributed by atoms with E-state index in [0.717, 1.165) is 45.9 Å². The van der Waals surface area contributed by atoms with Gasteiger partial charge in [0.05, 0.1) is 24.4 Å². The van der Waals surface area contributed by atoms with E-state index >= 15 is 0 Å². The van der Waals surface area contributed by atoms with Crippen molar-refractivity contribution in [1.82, 2.24) is 4.90 Å². The summed E-state index contributed by atoms with van der Waals surface area (Å²) in [5.41, 5.74) is 3.54. The molecule has 7 heteroatoms. The van der Waals surface area contributed by atoms with E-state index in [1.807, 2.05) is 73.7 Å². The molecule has 2 heterocycles. The fraction of sp³-hybridized carbons (Fsp3) is 0.250. The number of amides is 1. The molecule has 35 heavy (non-hydrogen) atoms. The molecule has 2 aliphatic heterocycles. The second-order valence-electron chi connectivity index (χ2n) is 8.50. The molecule has 1 fully saturated rings. The van der Waals surface area contributed by atoms with Crippen molar-refractivity contribution in [1.29, 1.82) is 0 Å². The lowest BCUT2D eigenvalue weighted by Gasteiger charge is -2.40. The number of ether oxygens (including phenoxy) is 1. The molecule has 5 rings (SSSR count). The second kappa shape index (κ2) is 9.96. The second-order valence-corrected chi connectivity index (χ2v) is 9.57. The number of esters is 1. The van der Waals surface area contributed by atoms with E-state index in [0.29, 0.717) is 23.2 Å². The predicted octanol–water partition coefficient (Wildman–Crippen LogP) is 5.78. The summed E-state index contributed by atoms with van der Waals surface area (Å²) < 4.78 is 5.18. The van der Waals surface area contributed by atoms with E-state index in [2.05, 4.69) is 10.2 Å². The Labute approximate surface area is 209 Å². The highest BCUT2D eigenvalue weighted by atomic mass is 32.2. The molecule has 1 atom stereocenters. The number of nitrogens with zero attached hydrogens (tertiary/aromatic N) is 2. The number of carbonyl (C=O) groups is 2. The van der Waals surface area contributed by atoms with Crippen LogP contribution >= 0.6 is 11.8 Å². The summed E-state index contributed by atoms with van der Waals surface area (Å²) in [7, 11) is 1.41. The first-order chi connectivity index (χ1) is 17.1. The number of fused-ring (bicyclic) bond motifs is 2. The van der Waals surface area contributed by atoms with Gasteiger partial charge >= 0.3 is 5.97 Å². The number of hydrogen-bond donors (Lipinski definition) is 1. The third-order valence-corrected chi connectivity index (χ3v) is 7.46. The molecule has 1 saturated heterocycles. The Bertz CT molecular complexity index is 1360. The predicted molar refractivity (Wildman–Crippen MR) is 142 cm³/mol. The fourth-order valence-electron chi connectivity index (χ4n) is 4.77. The molecule has 178 valence electrons. The minimum atomic E-state index is -0.365. The molecule has 0 unspecified atom stereocenters. The Balaban J connectivity index is 1.51. The average Bonchev–Trinajstić information content (AvgIpc) is 2.91. The Morgan fingerprint density at radius 1 is 1.11 bits per heavy atom. The van der Waals surface area contributed by atoms with Crippen molar-refractivity contribution < 1.29 is 14.3 Å². The molecular formula is C28H27N3O3S. The van der Waals surface area contributed by atoms with E-state index in [1.54, 1.807) is 11.8 Å². The van der Waals surface area contributed by atoms with Crippen LogP contribution in [0.5, 0.6) is 0 Å². The average molecular weight is 486 g/mol. The highest BCUT2D eigenvalue weighted by Crippen LogP contribution is 2.41. The van der Waals surface area contributed by atoms with Gasteiger partial charge in [0.2, 0.25) is 0 Å². The standard InChI is InChI=1S/C28H27N3O3S/c1-3-23-24(27(33)34-2)25(31-15-8-16-35-28(31)30-23)19-11-6-12-20(17-19)29-26(32)22-14-7-10-18-9-4-5-13-21(18)22/h4-7,9-14,17,25H,3,8,15-16H2,1-2H3,(H,29,32)/t25-/m0/s1. The summed E-state index contributed by atoms with van der Waals surface area (Å²) >= 11 is 1.72. The van der Waals surface area contributed by atoms with E-state index in [9.17, 15) is 9.59 Å². The Morgan fingerprint density at radius 3 is 2.74 bits per heavy atom. The Hall–Kier alpha value is -3.58. The van der Waals surface area contributed by atoms with Crippen molar-refractivity contribution in [3.05, 3.63) is 89.1 Å². The summed E-state index contributed by atoms with van der Waals surface area (Å²) in [5.74, 6) is 0.472. The molecule has 0 bridgehead atoms. The SMILES string of the molecule is CCC1=C(C(=O)OC)[C@H](c2cccc(NC(=O)c3cccc4ccccc34)c2)N2CCCSC2=N1. The molecule has 0 aliphatic carbocycles. The molecule has 1 N–H and O–H groups in total. The van der Waals surface area contributed by atoms with Crippen LogP contribution in [0.4, 0.5) is 5.69 Å². The normalized spacial score (nSPS) is 17.6. The zero-order valence-electron chi connectivity index (χ0n) is 19.8. The number of aliphatic imine (C=N–C) groups is 1. The van der Waals surface area contributed by atoms with Crippen molar-refractivity contribution in [2.24, 2.45) is 4.99 Å². The van der Waals surface area contributed by atoms with E-state index in [-0.39, 0.29) is 17.9 Å². The zero-order chi connectivity index (χ0) is 24.4. The molecule has 0 spiro atoms. The highest BCUT2D eigenvalue weighted by Gasteiger charge is 2.38. The largest absolute Gasteiger partial charge is 0.466 e. The van der Waals surface area contributed by atoms with Crippen LogP contribution in [-0.4, -0.2) is 41.4 Å². The molecule has 6 nitrogen and oxygen atoms in total. The van der Waals surface area contributed by atoms with Crippen molar-refractivity contribution in [2.45, 2.75) is 25.8 Å². The maximum Gasteiger partial charge on any atom is 0.338 e. The van der Waals surface area contributed by atoms with Crippen LogP contribution < -0.4 is 5.32 Å². The molecular weight excluding hydrogens is 458 g/mol. The van der Waals surface area contributed by atoms with Gasteiger partial charge in [-0.05, 0) is 47.4 Å². The Morgan fingerprint density at radius 2 is 1.91 bits per heavy atom. The number of anilines is 1. The minimum absolute atomic E-state index is 0.170. The van der Waals surface area contributed by atoms with Gasteiger partial charge in [0.15, 0.2) is 5.17 Å². The van der Waals surface area contributed by atoms with Crippen LogP contribution in [0.25, 0.3) is 10.8 Å². The smallest absolute Gasteiger partial charge is 0.338 e. The van der Waals surface area contributed by atoms with E-state index in [4.69, 9.17) is 9.73 Å². The fourth-order valence-corrected chi connectivity index (χ4v) is 5.76. The summed E-state index contributed by atoms with van der Waals surface area (Å²) in [4.78, 5) is 33.1. The van der Waals surface area contributed by atoms with Crippen LogP contribution in [0.2, 0.25) is 0 Å². The minimum Gasteiger partial charge on any atom is -0.466 e. The van der Waals surface area contributed by atoms with Gasteiger partial charge in [0.25, 0.3) is 5.91 Å². The van der Waals surface area contributed by atoms with Crippen LogP contribution in [0.3, 0.4) is 0 Å². The number of nitrogens with one attached hydrogen (secondary N) is 1. The number of benzene rings is 3. The zero-order valence-corrected chi connectivity index (χ0v) is 20.6. The molecule has 2 aliphatic rings. The molecule has 0 saturated carbocycles. The van der Waals surface area contributed by atoms with Gasteiger partial charge in [-0.15, -0.1) is 0 Å². The van der Waals surface area contributed by atoms with Gasteiger partial charge in [-0.2, -0.15) is 0 Å². The molecule has 3 aromatic carbocycles. The van der Waals surface area contributed by atoms with Gasteiger partial charge in [0.1, 0.15) is 0 Å². The first-order valence-corrected chi connectivity index (χ1v) is 12.8. The van der Waals surface area contributed by atoms with Crippen molar-refractivity contribution in [2.75, 3.05) is 24.7 Å². The monoisotopic (exact) mass is 485 g/mol. The lowest BCUT2D eigenvalue weighted by Crippen LogP contribution is -2.42. The van der Waals surface area contributed by atoms with Crippen LogP contribution in [0.15, 0.2) is 83.0 Å². The molecule has 1 amide bonds. The summed E-state index contributed by atoms with van der Waals surface area (Å²) in [6.07, 6.45) is 1.64. The number of carbonyl (C=O) groups excluding carboxylic acids is 2. The number of amidine groups is 1. The highest BCUT2D eigenvalue weighted by molar-refractivity contribution is 8.13. The lowest BCUT2D eigenvalue weighted by molar-refractivity contribution is -0.137. The van der Waals surface area contributed by atoms with Crippen LogP contribution in [0, 0.1) is 0 Å². The summed E-state index contributed by atoms with van der Waals surface area (Å²) in [6.45, 7) is 2.81. The van der Waals surface area contributed by atoms with E-state index < -0.39 is 0 Å². The Kier molecular flexibility index (Phi) is 6.59. The van der Waals surface area contributed by atoms with Crippen LogP contribution in [0.1, 0.15) is 41.7 Å². The number of hydrogen-bond acceptors (Lipinski definition) is 6. The third kappa shape index (κ3) is 4.44. The van der Waals surface area contributed by atoms with Crippen molar-refractivity contribution in [3.63, 3.8) is 0 Å². The van der Waals surface area contributed by atoms with Gasteiger partial charge in [-0.25, -0.2) is 9.79 Å².